The van der Waals surface area contributed by atoms with Crippen LogP contribution in [0.15, 0.2) is 70.0 Å². The van der Waals surface area contributed by atoms with E-state index in [4.69, 9.17) is 0 Å². The number of aromatic nitrogens is 3. The molecule has 154 valence electrons. The molecule has 0 bridgehead atoms. The molecule has 0 aliphatic rings. The Kier molecular flexibility index (Phi) is 7.70. The number of allylic oxidation sites excluding steroid dienone is 2. The maximum atomic E-state index is 12.7. The number of carbonyl (C=O) groups is 1. The Morgan fingerprint density at radius 3 is 1.97 bits per heavy atom. The first kappa shape index (κ1) is 21.9. The number of hydrogen-bond acceptors (Lipinski definition) is 4. The molecule has 1 amide bonds. The molecule has 0 aliphatic heterocycles. The van der Waals surface area contributed by atoms with Gasteiger partial charge in [-0.3, -0.25) is 4.79 Å². The van der Waals surface area contributed by atoms with Crippen LogP contribution in [0.2, 0.25) is 0 Å². The summed E-state index contributed by atoms with van der Waals surface area (Å²) in [6.07, 6.45) is 4.31. The number of rotatable bonds is 10. The predicted octanol–water partition coefficient (Wildman–Crippen LogP) is 1.20. The summed E-state index contributed by atoms with van der Waals surface area (Å²) < 4.78 is 2.50. The van der Waals surface area contributed by atoms with Crippen molar-refractivity contribution in [2.75, 3.05) is 0 Å². The minimum absolute atomic E-state index is 0.0703. The van der Waals surface area contributed by atoms with Crippen LogP contribution in [0, 0.1) is 0 Å². The average molecular weight is 398 g/mol. The molecular formula is C21H26N4O4. The fourth-order valence-corrected chi connectivity index (χ4v) is 3.07. The van der Waals surface area contributed by atoms with Gasteiger partial charge in [-0.25, -0.2) is 28.1 Å². The molecule has 0 fully saturated rings. The third-order valence-corrected chi connectivity index (χ3v) is 4.43. The van der Waals surface area contributed by atoms with Crippen molar-refractivity contribution >= 4 is 5.91 Å². The molecule has 0 saturated carbocycles. The van der Waals surface area contributed by atoms with Gasteiger partial charge in [0.2, 0.25) is 5.91 Å². The molecule has 1 N–H and O–H groups in total. The van der Waals surface area contributed by atoms with Crippen LogP contribution >= 0.6 is 0 Å². The molecule has 8 heteroatoms. The van der Waals surface area contributed by atoms with Crippen molar-refractivity contribution in [3.63, 3.8) is 0 Å². The molecule has 1 heterocycles. The van der Waals surface area contributed by atoms with Crippen molar-refractivity contribution in [3.05, 3.63) is 92.7 Å². The molecule has 2 rings (SSSR count). The van der Waals surface area contributed by atoms with E-state index in [1.54, 1.807) is 0 Å². The first-order valence-corrected chi connectivity index (χ1v) is 9.45. The summed E-state index contributed by atoms with van der Waals surface area (Å²) in [6.45, 7) is 8.43. The average Bonchev–Trinajstić information content (AvgIpc) is 2.72. The molecule has 1 unspecified atom stereocenters. The van der Waals surface area contributed by atoms with E-state index in [0.29, 0.717) is 6.42 Å². The fourth-order valence-electron chi connectivity index (χ4n) is 3.07. The SMILES string of the molecule is C=CCn1c(=O)n(CC=C)c(=O)n(CC(=O)NC(CCC)c2ccccc2)c1=O. The van der Waals surface area contributed by atoms with Gasteiger partial charge in [0.25, 0.3) is 0 Å². The summed E-state index contributed by atoms with van der Waals surface area (Å²) in [5, 5.41) is 2.88. The third-order valence-electron chi connectivity index (χ3n) is 4.43. The lowest BCUT2D eigenvalue weighted by molar-refractivity contribution is -0.122. The lowest BCUT2D eigenvalue weighted by Gasteiger charge is -2.19. The smallest absolute Gasteiger partial charge is 0.337 e. The lowest BCUT2D eigenvalue weighted by atomic mass is 10.0. The molecule has 0 spiro atoms. The van der Waals surface area contributed by atoms with Crippen molar-refractivity contribution in [2.24, 2.45) is 0 Å². The van der Waals surface area contributed by atoms with Gasteiger partial charge in [-0.15, -0.1) is 13.2 Å². The first-order chi connectivity index (χ1) is 13.9. The van der Waals surface area contributed by atoms with Crippen molar-refractivity contribution in [3.8, 4) is 0 Å². The van der Waals surface area contributed by atoms with Gasteiger partial charge in [-0.1, -0.05) is 55.8 Å². The highest BCUT2D eigenvalue weighted by Crippen LogP contribution is 2.17. The van der Waals surface area contributed by atoms with E-state index in [-0.39, 0.29) is 19.1 Å². The summed E-state index contributed by atoms with van der Waals surface area (Å²) in [5.41, 5.74) is -1.51. The second kappa shape index (κ2) is 10.2. The van der Waals surface area contributed by atoms with Gasteiger partial charge in [-0.2, -0.15) is 0 Å². The number of benzene rings is 1. The summed E-state index contributed by atoms with van der Waals surface area (Å²) in [6, 6.07) is 9.24. The van der Waals surface area contributed by atoms with Gasteiger partial charge >= 0.3 is 17.1 Å². The number of amides is 1. The predicted molar refractivity (Wildman–Crippen MR) is 112 cm³/mol. The Bertz CT molecular complexity index is 999. The van der Waals surface area contributed by atoms with Crippen LogP contribution in [0.3, 0.4) is 0 Å². The van der Waals surface area contributed by atoms with Gasteiger partial charge in [0, 0.05) is 0 Å². The van der Waals surface area contributed by atoms with E-state index in [0.717, 1.165) is 25.7 Å². The molecule has 0 radical (unpaired) electrons. The zero-order chi connectivity index (χ0) is 21.4. The van der Waals surface area contributed by atoms with Crippen LogP contribution in [-0.4, -0.2) is 19.6 Å². The van der Waals surface area contributed by atoms with E-state index in [2.05, 4.69) is 18.5 Å². The van der Waals surface area contributed by atoms with Crippen molar-refractivity contribution in [2.45, 2.75) is 45.4 Å². The fraction of sp³-hybridized carbons (Fsp3) is 0.333. The minimum Gasteiger partial charge on any atom is -0.348 e. The van der Waals surface area contributed by atoms with Crippen LogP contribution in [0.25, 0.3) is 0 Å². The van der Waals surface area contributed by atoms with E-state index < -0.39 is 29.5 Å². The molecule has 0 aliphatic carbocycles. The maximum Gasteiger partial charge on any atom is 0.337 e. The van der Waals surface area contributed by atoms with Crippen LogP contribution in [-0.2, 0) is 24.4 Å². The van der Waals surface area contributed by atoms with E-state index in [1.807, 2.05) is 37.3 Å². The lowest BCUT2D eigenvalue weighted by Crippen LogP contribution is -2.55. The highest BCUT2D eigenvalue weighted by molar-refractivity contribution is 5.76. The first-order valence-electron chi connectivity index (χ1n) is 9.45. The highest BCUT2D eigenvalue weighted by atomic mass is 16.2. The maximum absolute atomic E-state index is 12.7. The molecular weight excluding hydrogens is 372 g/mol. The minimum atomic E-state index is -0.845. The standard InChI is InChI=1S/C21H26N4O4/c1-4-10-17(16-11-8-7-9-12-16)22-18(26)15-25-20(28)23(13-5-2)19(27)24(14-6-3)21(25)29/h5-9,11-12,17H,2-4,10,13-15H2,1H3,(H,22,26). The Balaban J connectivity index is 2.39. The van der Waals surface area contributed by atoms with E-state index in [9.17, 15) is 19.2 Å². The third kappa shape index (κ3) is 5.10. The van der Waals surface area contributed by atoms with Gasteiger partial charge in [0.15, 0.2) is 0 Å². The molecule has 1 aromatic heterocycles. The van der Waals surface area contributed by atoms with Crippen LogP contribution in [0.4, 0.5) is 0 Å². The summed E-state index contributed by atoms with van der Waals surface area (Å²) in [7, 11) is 0. The molecule has 1 atom stereocenters. The number of hydrogen-bond donors (Lipinski definition) is 1. The zero-order valence-corrected chi connectivity index (χ0v) is 16.5. The van der Waals surface area contributed by atoms with E-state index in [1.165, 1.54) is 12.2 Å². The summed E-state index contributed by atoms with van der Waals surface area (Å²) in [5.74, 6) is -0.486. The molecule has 8 nitrogen and oxygen atoms in total. The Labute approximate surface area is 168 Å². The summed E-state index contributed by atoms with van der Waals surface area (Å²) >= 11 is 0. The van der Waals surface area contributed by atoms with Crippen LogP contribution in [0.5, 0.6) is 0 Å². The van der Waals surface area contributed by atoms with Crippen LogP contribution in [0.1, 0.15) is 31.4 Å². The molecule has 2 aromatic rings. The van der Waals surface area contributed by atoms with Gasteiger partial charge in [0.05, 0.1) is 19.1 Å². The van der Waals surface area contributed by atoms with Crippen molar-refractivity contribution in [1.29, 1.82) is 0 Å². The monoisotopic (exact) mass is 398 g/mol. The zero-order valence-electron chi connectivity index (χ0n) is 16.5. The van der Waals surface area contributed by atoms with Gasteiger partial charge in [-0.05, 0) is 12.0 Å². The van der Waals surface area contributed by atoms with Crippen molar-refractivity contribution < 1.29 is 4.79 Å². The Hall–Kier alpha value is -3.42. The molecule has 29 heavy (non-hydrogen) atoms. The number of nitrogens with zero attached hydrogens (tertiary/aromatic N) is 3. The number of carbonyl (C=O) groups excluding carboxylic acids is 1. The normalized spacial score (nSPS) is 11.6. The van der Waals surface area contributed by atoms with Crippen LogP contribution < -0.4 is 22.4 Å². The Morgan fingerprint density at radius 2 is 1.48 bits per heavy atom. The topological polar surface area (TPSA) is 95.1 Å². The summed E-state index contributed by atoms with van der Waals surface area (Å²) in [4.78, 5) is 50.3. The largest absolute Gasteiger partial charge is 0.348 e. The van der Waals surface area contributed by atoms with E-state index >= 15 is 0 Å². The molecule has 1 aromatic carbocycles. The van der Waals surface area contributed by atoms with Gasteiger partial charge in [0.1, 0.15) is 6.54 Å². The van der Waals surface area contributed by atoms with Crippen molar-refractivity contribution in [1.82, 2.24) is 19.0 Å². The number of nitrogens with one attached hydrogen (secondary N) is 1. The Morgan fingerprint density at radius 1 is 0.966 bits per heavy atom. The quantitative estimate of drug-likeness (QED) is 0.609. The second-order valence-corrected chi connectivity index (χ2v) is 6.55. The highest BCUT2D eigenvalue weighted by Gasteiger charge is 2.19. The second-order valence-electron chi connectivity index (χ2n) is 6.55. The van der Waals surface area contributed by atoms with Gasteiger partial charge < -0.3 is 5.32 Å². The molecule has 0 saturated heterocycles.